The van der Waals surface area contributed by atoms with Crippen molar-refractivity contribution in [1.82, 2.24) is 0 Å². The van der Waals surface area contributed by atoms with Gasteiger partial charge in [-0.3, -0.25) is 4.55 Å². The highest BCUT2D eigenvalue weighted by Crippen LogP contribution is 2.43. The second-order valence-corrected chi connectivity index (χ2v) is 7.00. The normalized spacial score (nSPS) is 14.7. The summed E-state index contributed by atoms with van der Waals surface area (Å²) >= 11 is 0. The Morgan fingerprint density at radius 1 is 0.889 bits per heavy atom. The molecule has 0 radical (unpaired) electrons. The summed E-state index contributed by atoms with van der Waals surface area (Å²) in [5.41, 5.74) is -0.234. The minimum atomic E-state index is -3.95. The molecule has 1 N–H and O–H groups in total. The molecule has 3 nitrogen and oxygen atoms in total. The van der Waals surface area contributed by atoms with Gasteiger partial charge in [-0.2, -0.15) is 8.42 Å². The van der Waals surface area contributed by atoms with Crippen LogP contribution in [0.15, 0.2) is 0 Å². The van der Waals surface area contributed by atoms with Crippen LogP contribution >= 0.6 is 0 Å². The molecule has 18 heavy (non-hydrogen) atoms. The van der Waals surface area contributed by atoms with Crippen LogP contribution in [0.2, 0.25) is 0 Å². The van der Waals surface area contributed by atoms with Gasteiger partial charge >= 0.3 is 0 Å². The Labute approximate surface area is 113 Å². The number of hydrogen-bond acceptors (Lipinski definition) is 2. The van der Waals surface area contributed by atoms with Crippen LogP contribution in [-0.2, 0) is 10.1 Å². The highest BCUT2D eigenvalue weighted by Gasteiger charge is 2.42. The molecule has 0 aromatic heterocycles. The van der Waals surface area contributed by atoms with Crippen LogP contribution in [0.4, 0.5) is 0 Å². The first-order valence-electron chi connectivity index (χ1n) is 7.34. The smallest absolute Gasteiger partial charge is 0.268 e. The monoisotopic (exact) mass is 278 g/mol. The molecular weight excluding hydrogens is 248 g/mol. The van der Waals surface area contributed by atoms with E-state index in [-0.39, 0.29) is 5.41 Å². The van der Waals surface area contributed by atoms with Crippen LogP contribution in [-0.4, -0.2) is 18.2 Å². The molecule has 0 bridgehead atoms. The van der Waals surface area contributed by atoms with Crippen LogP contribution in [0.1, 0.15) is 79.1 Å². The van der Waals surface area contributed by atoms with E-state index in [1.807, 2.05) is 6.92 Å². The van der Waals surface area contributed by atoms with Gasteiger partial charge in [0.2, 0.25) is 0 Å². The first-order valence-corrected chi connectivity index (χ1v) is 8.84. The quantitative estimate of drug-likeness (QED) is 0.601. The zero-order chi connectivity index (χ0) is 14.2. The van der Waals surface area contributed by atoms with Crippen molar-refractivity contribution in [2.24, 2.45) is 5.41 Å². The second kappa shape index (κ2) is 8.16. The first kappa shape index (κ1) is 17.9. The van der Waals surface area contributed by atoms with E-state index < -0.39 is 15.4 Å². The summed E-state index contributed by atoms with van der Waals surface area (Å²) in [6.07, 6.45) is 6.93. The van der Waals surface area contributed by atoms with E-state index in [4.69, 9.17) is 0 Å². The maximum atomic E-state index is 11.7. The van der Waals surface area contributed by atoms with Gasteiger partial charge in [0.15, 0.2) is 0 Å². The summed E-state index contributed by atoms with van der Waals surface area (Å²) in [7, 11) is -3.95. The molecule has 0 aromatic rings. The maximum absolute atomic E-state index is 11.7. The van der Waals surface area contributed by atoms with Crippen LogP contribution in [0.25, 0.3) is 0 Å². The SMILES string of the molecule is CCCC(C(CCC)(CCC)CCC)S(=O)(=O)O. The van der Waals surface area contributed by atoms with Crippen molar-refractivity contribution in [3.63, 3.8) is 0 Å². The zero-order valence-corrected chi connectivity index (χ0v) is 13.2. The van der Waals surface area contributed by atoms with E-state index in [0.717, 1.165) is 44.9 Å². The molecule has 0 rings (SSSR count). The highest BCUT2D eigenvalue weighted by atomic mass is 32.2. The third kappa shape index (κ3) is 4.88. The lowest BCUT2D eigenvalue weighted by Gasteiger charge is -2.39. The highest BCUT2D eigenvalue weighted by molar-refractivity contribution is 7.86. The van der Waals surface area contributed by atoms with Crippen molar-refractivity contribution >= 4 is 10.1 Å². The van der Waals surface area contributed by atoms with Gasteiger partial charge in [-0.1, -0.05) is 53.4 Å². The average Bonchev–Trinajstić information content (AvgIpc) is 2.25. The number of rotatable bonds is 10. The van der Waals surface area contributed by atoms with Crippen molar-refractivity contribution in [3.8, 4) is 0 Å². The fourth-order valence-corrected chi connectivity index (χ4v) is 4.90. The van der Waals surface area contributed by atoms with Crippen LogP contribution in [0, 0.1) is 5.41 Å². The van der Waals surface area contributed by atoms with Gasteiger partial charge in [0.05, 0.1) is 5.25 Å². The zero-order valence-electron chi connectivity index (χ0n) is 12.4. The molecule has 0 saturated heterocycles. The third-order valence-corrected chi connectivity index (χ3v) is 5.29. The Morgan fingerprint density at radius 2 is 1.28 bits per heavy atom. The van der Waals surface area contributed by atoms with E-state index in [9.17, 15) is 13.0 Å². The van der Waals surface area contributed by atoms with Gasteiger partial charge in [0.25, 0.3) is 10.1 Å². The Morgan fingerprint density at radius 3 is 1.50 bits per heavy atom. The van der Waals surface area contributed by atoms with Crippen LogP contribution in [0.5, 0.6) is 0 Å². The molecule has 0 aliphatic heterocycles. The summed E-state index contributed by atoms with van der Waals surface area (Å²) in [4.78, 5) is 0. The molecule has 0 aliphatic carbocycles. The second-order valence-electron chi connectivity index (χ2n) is 5.40. The molecule has 0 fully saturated rings. The summed E-state index contributed by atoms with van der Waals surface area (Å²) in [5.74, 6) is 0. The molecule has 0 aromatic carbocycles. The molecule has 0 spiro atoms. The first-order chi connectivity index (χ1) is 8.37. The fraction of sp³-hybridized carbons (Fsp3) is 1.00. The van der Waals surface area contributed by atoms with Gasteiger partial charge in [-0.15, -0.1) is 0 Å². The van der Waals surface area contributed by atoms with E-state index in [1.54, 1.807) is 0 Å². The standard InChI is InChI=1S/C14H30O3S/c1-5-9-13(18(15,16)17)14(10-6-2,11-7-3)12-8-4/h13H,5-12H2,1-4H3,(H,15,16,17). The molecule has 4 heteroatoms. The molecule has 0 heterocycles. The molecule has 0 amide bonds. The average molecular weight is 278 g/mol. The lowest BCUT2D eigenvalue weighted by Crippen LogP contribution is -2.40. The Bertz CT molecular complexity index is 292. The Hall–Kier alpha value is -0.0900. The minimum Gasteiger partial charge on any atom is -0.285 e. The molecule has 0 saturated carbocycles. The number of hydrogen-bond donors (Lipinski definition) is 1. The van der Waals surface area contributed by atoms with Crippen molar-refractivity contribution in [2.75, 3.05) is 0 Å². The summed E-state index contributed by atoms with van der Waals surface area (Å²) in [5, 5.41) is -0.588. The van der Waals surface area contributed by atoms with Crippen molar-refractivity contribution in [2.45, 2.75) is 84.3 Å². The summed E-state index contributed by atoms with van der Waals surface area (Å²) in [6.45, 7) is 8.25. The van der Waals surface area contributed by atoms with E-state index in [2.05, 4.69) is 20.8 Å². The van der Waals surface area contributed by atoms with Gasteiger partial charge in [0, 0.05) is 0 Å². The van der Waals surface area contributed by atoms with E-state index >= 15 is 0 Å². The molecule has 1 atom stereocenters. The Balaban J connectivity index is 5.42. The van der Waals surface area contributed by atoms with E-state index in [0.29, 0.717) is 6.42 Å². The molecule has 110 valence electrons. The van der Waals surface area contributed by atoms with Crippen molar-refractivity contribution in [3.05, 3.63) is 0 Å². The third-order valence-electron chi connectivity index (χ3n) is 3.84. The molecule has 0 aliphatic rings. The fourth-order valence-electron chi connectivity index (χ4n) is 3.38. The lowest BCUT2D eigenvalue weighted by molar-refractivity contribution is 0.184. The van der Waals surface area contributed by atoms with Crippen molar-refractivity contribution in [1.29, 1.82) is 0 Å². The molecular formula is C14H30O3S. The minimum absolute atomic E-state index is 0.234. The van der Waals surface area contributed by atoms with Gasteiger partial charge in [0.1, 0.15) is 0 Å². The van der Waals surface area contributed by atoms with Crippen LogP contribution < -0.4 is 0 Å². The van der Waals surface area contributed by atoms with E-state index in [1.165, 1.54) is 0 Å². The van der Waals surface area contributed by atoms with Gasteiger partial charge < -0.3 is 0 Å². The topological polar surface area (TPSA) is 54.4 Å². The predicted molar refractivity (Wildman–Crippen MR) is 77.4 cm³/mol. The predicted octanol–water partition coefficient (Wildman–Crippen LogP) is 4.43. The summed E-state index contributed by atoms with van der Waals surface area (Å²) < 4.78 is 33.1. The lowest BCUT2D eigenvalue weighted by atomic mass is 9.71. The Kier molecular flexibility index (Phi) is 8.11. The van der Waals surface area contributed by atoms with Gasteiger partial charge in [-0.25, -0.2) is 0 Å². The van der Waals surface area contributed by atoms with Gasteiger partial charge in [-0.05, 0) is 31.1 Å². The maximum Gasteiger partial charge on any atom is 0.268 e. The van der Waals surface area contributed by atoms with Crippen LogP contribution in [0.3, 0.4) is 0 Å². The largest absolute Gasteiger partial charge is 0.285 e. The molecule has 1 unspecified atom stereocenters. The summed E-state index contributed by atoms with van der Waals surface area (Å²) in [6, 6.07) is 0. The van der Waals surface area contributed by atoms with Crippen molar-refractivity contribution < 1.29 is 13.0 Å².